The summed E-state index contributed by atoms with van der Waals surface area (Å²) in [6.45, 7) is 28.1. The summed E-state index contributed by atoms with van der Waals surface area (Å²) in [4.78, 5) is 50.8. The molecule has 2 N–H and O–H groups in total. The van der Waals surface area contributed by atoms with E-state index in [9.17, 15) is 24.3 Å². The molecule has 5 aliphatic carbocycles. The molecule has 0 heterocycles. The summed E-state index contributed by atoms with van der Waals surface area (Å²) in [5, 5.41) is 12.7. The fourth-order valence-electron chi connectivity index (χ4n) is 13.5. The zero-order valence-corrected chi connectivity index (χ0v) is 34.5. The van der Waals surface area contributed by atoms with Crippen molar-refractivity contribution in [3.05, 3.63) is 12.2 Å². The van der Waals surface area contributed by atoms with Gasteiger partial charge in [0.05, 0.1) is 18.3 Å². The van der Waals surface area contributed by atoms with Crippen LogP contribution in [0.25, 0.3) is 0 Å². The lowest BCUT2D eigenvalue weighted by atomic mass is 9.32. The zero-order chi connectivity index (χ0) is 38.9. The lowest BCUT2D eigenvalue weighted by Gasteiger charge is -2.73. The zero-order valence-electron chi connectivity index (χ0n) is 34.5. The Hall–Kier alpha value is -2.38. The van der Waals surface area contributed by atoms with Crippen LogP contribution in [0.2, 0.25) is 0 Å². The number of hydrogen-bond donors (Lipinski definition) is 2. The van der Waals surface area contributed by atoms with Crippen molar-refractivity contribution in [1.82, 2.24) is 5.32 Å². The second kappa shape index (κ2) is 13.7. The Morgan fingerprint density at radius 3 is 2.10 bits per heavy atom. The van der Waals surface area contributed by atoms with Crippen molar-refractivity contribution in [3.63, 3.8) is 0 Å². The molecule has 0 saturated heterocycles. The Labute approximate surface area is 314 Å². The minimum Gasteiger partial charge on any atom is -0.481 e. The van der Waals surface area contributed by atoms with Crippen LogP contribution in [-0.2, 0) is 28.7 Å². The molecule has 0 aromatic heterocycles. The first-order valence-corrected chi connectivity index (χ1v) is 20.4. The lowest BCUT2D eigenvalue weighted by molar-refractivity contribution is -0.250. The average molecular weight is 726 g/mol. The number of carboxylic acids is 1. The number of carbonyl (C=O) groups excluding carboxylic acids is 3. The van der Waals surface area contributed by atoms with E-state index in [2.05, 4.69) is 53.4 Å². The number of amides is 1. The number of aliphatic carboxylic acids is 1. The summed E-state index contributed by atoms with van der Waals surface area (Å²) in [5.74, 6) is 0.686. The van der Waals surface area contributed by atoms with Gasteiger partial charge in [-0.1, -0.05) is 46.8 Å². The molecule has 5 aliphatic rings. The monoisotopic (exact) mass is 726 g/mol. The normalized spacial score (nSPS) is 39.5. The number of ether oxygens (including phenoxy) is 2. The maximum absolute atomic E-state index is 13.6. The molecule has 1 amide bonds. The van der Waals surface area contributed by atoms with Crippen molar-refractivity contribution in [2.75, 3.05) is 6.54 Å². The smallest absolute Gasteiger partial charge is 0.309 e. The van der Waals surface area contributed by atoms with E-state index < -0.39 is 23.0 Å². The molecule has 0 unspecified atom stereocenters. The van der Waals surface area contributed by atoms with Gasteiger partial charge in [0.2, 0.25) is 5.91 Å². The summed E-state index contributed by atoms with van der Waals surface area (Å²) in [7, 11) is 0. The van der Waals surface area contributed by atoms with Crippen molar-refractivity contribution >= 4 is 23.8 Å². The van der Waals surface area contributed by atoms with E-state index in [1.54, 1.807) is 13.8 Å². The van der Waals surface area contributed by atoms with Gasteiger partial charge < -0.3 is 19.9 Å². The lowest BCUT2D eigenvalue weighted by Crippen LogP contribution is -2.67. The second-order valence-electron chi connectivity index (χ2n) is 21.1. The van der Waals surface area contributed by atoms with Crippen LogP contribution in [0.5, 0.6) is 0 Å². The number of nitrogens with one attached hydrogen (secondary N) is 1. The molecule has 0 aromatic carbocycles. The van der Waals surface area contributed by atoms with E-state index in [4.69, 9.17) is 9.47 Å². The third-order valence-electron chi connectivity index (χ3n) is 16.2. The number of hydrogen-bond acceptors (Lipinski definition) is 6. The maximum Gasteiger partial charge on any atom is 0.309 e. The van der Waals surface area contributed by atoms with Gasteiger partial charge in [0.1, 0.15) is 11.7 Å². The predicted octanol–water partition coefficient (Wildman–Crippen LogP) is 9.29. The van der Waals surface area contributed by atoms with Crippen molar-refractivity contribution in [2.45, 2.75) is 171 Å². The molecular weight excluding hydrogens is 654 g/mol. The molecule has 10 atom stereocenters. The molecule has 5 rings (SSSR count). The highest BCUT2D eigenvalue weighted by atomic mass is 16.6. The molecule has 0 bridgehead atoms. The Kier molecular flexibility index (Phi) is 10.8. The van der Waals surface area contributed by atoms with E-state index in [-0.39, 0.29) is 57.9 Å². The first kappa shape index (κ1) is 40.8. The number of fused-ring (bicyclic) bond motifs is 7. The van der Waals surface area contributed by atoms with Crippen LogP contribution in [0, 0.1) is 62.1 Å². The molecule has 0 radical (unpaired) electrons. The standard InChI is InChI=1S/C44H71NO7/c1-27(2)28-15-21-44(25-33(46)45-24-18-34(47)52-38(3,4)5)23-22-42(11)29(36(28)44)13-14-31-41(10)19-17-32(51-35(48)26-39(6,7)37(49)50)40(8,9)30(41)16-20-43(31,42)12/h28-32,36H,1,13-26H2,2-12H3,(H,45,46)(H,49,50)/t28-,29+,30-,31+,32-,36+,41-,42+,43+,44+/m0/s1. The molecule has 0 aliphatic heterocycles. The van der Waals surface area contributed by atoms with Crippen molar-refractivity contribution in [1.29, 1.82) is 0 Å². The second-order valence-corrected chi connectivity index (χ2v) is 21.1. The highest BCUT2D eigenvalue weighted by Gasteiger charge is 2.71. The maximum atomic E-state index is 13.6. The van der Waals surface area contributed by atoms with Crippen LogP contribution in [-0.4, -0.2) is 47.2 Å². The van der Waals surface area contributed by atoms with E-state index >= 15 is 0 Å². The number of allylic oxidation sites excluding steroid dienone is 1. The van der Waals surface area contributed by atoms with Gasteiger partial charge in [0.15, 0.2) is 0 Å². The van der Waals surface area contributed by atoms with Crippen molar-refractivity contribution in [2.24, 2.45) is 62.1 Å². The SMILES string of the molecule is C=C(C)[C@@H]1CC[C@]2(CC(=O)NCCC(=O)OC(C)(C)C)CC[C@]3(C)[C@H](CC[C@@H]4[C@@]5(C)CC[C@H](OC(=O)CC(C)(C)C(=O)O)C(C)(C)[C@@H]5CC[C@]43C)[C@@H]12. The molecule has 8 nitrogen and oxygen atoms in total. The van der Waals surface area contributed by atoms with Crippen LogP contribution in [0.15, 0.2) is 12.2 Å². The third kappa shape index (κ3) is 7.00. The van der Waals surface area contributed by atoms with Crippen molar-refractivity contribution < 1.29 is 33.8 Å². The van der Waals surface area contributed by atoms with E-state index in [1.807, 2.05) is 20.8 Å². The molecule has 52 heavy (non-hydrogen) atoms. The van der Waals surface area contributed by atoms with Crippen molar-refractivity contribution in [3.8, 4) is 0 Å². The molecule has 8 heteroatoms. The Morgan fingerprint density at radius 2 is 1.48 bits per heavy atom. The first-order chi connectivity index (χ1) is 23.8. The molecule has 5 saturated carbocycles. The van der Waals surface area contributed by atoms with Crippen LogP contribution in [0.1, 0.15) is 160 Å². The molecule has 294 valence electrons. The number of carbonyl (C=O) groups is 4. The molecule has 0 spiro atoms. The molecule has 5 fully saturated rings. The van der Waals surface area contributed by atoms with Gasteiger partial charge in [-0.3, -0.25) is 19.2 Å². The fourth-order valence-corrected chi connectivity index (χ4v) is 13.5. The Balaban J connectivity index is 1.34. The summed E-state index contributed by atoms with van der Waals surface area (Å²) >= 11 is 0. The molecular formula is C44H71NO7. The van der Waals surface area contributed by atoms with Crippen LogP contribution in [0.4, 0.5) is 0 Å². The fraction of sp³-hybridized carbons (Fsp3) is 0.864. The predicted molar refractivity (Wildman–Crippen MR) is 203 cm³/mol. The minimum atomic E-state index is -1.16. The largest absolute Gasteiger partial charge is 0.481 e. The van der Waals surface area contributed by atoms with Gasteiger partial charge in [0.25, 0.3) is 0 Å². The average Bonchev–Trinajstić information content (AvgIpc) is 3.37. The quantitative estimate of drug-likeness (QED) is 0.170. The summed E-state index contributed by atoms with van der Waals surface area (Å²) in [6.07, 6.45) is 11.0. The highest BCUT2D eigenvalue weighted by Crippen LogP contribution is 2.78. The van der Waals surface area contributed by atoms with E-state index in [0.29, 0.717) is 42.6 Å². The highest BCUT2D eigenvalue weighted by molar-refractivity contribution is 5.81. The van der Waals surface area contributed by atoms with Gasteiger partial charge >= 0.3 is 17.9 Å². The first-order valence-electron chi connectivity index (χ1n) is 20.4. The van der Waals surface area contributed by atoms with E-state index in [0.717, 1.165) is 51.4 Å². The number of esters is 2. The van der Waals surface area contributed by atoms with Crippen LogP contribution >= 0.6 is 0 Å². The van der Waals surface area contributed by atoms with Crippen LogP contribution in [0.3, 0.4) is 0 Å². The van der Waals surface area contributed by atoms with Crippen LogP contribution < -0.4 is 5.32 Å². The number of carboxylic acid groups (broad SMARTS) is 1. The molecule has 0 aromatic rings. The van der Waals surface area contributed by atoms with Gasteiger partial charge in [-0.25, -0.2) is 0 Å². The van der Waals surface area contributed by atoms with Gasteiger partial charge in [0, 0.05) is 18.4 Å². The van der Waals surface area contributed by atoms with Gasteiger partial charge in [-0.15, -0.1) is 0 Å². The van der Waals surface area contributed by atoms with Gasteiger partial charge in [-0.05, 0) is 157 Å². The summed E-state index contributed by atoms with van der Waals surface area (Å²) < 4.78 is 11.6. The summed E-state index contributed by atoms with van der Waals surface area (Å²) in [5.41, 5.74) is -0.308. The minimum absolute atomic E-state index is 0.0484. The Morgan fingerprint density at radius 1 is 0.808 bits per heavy atom. The Bertz CT molecular complexity index is 1440. The van der Waals surface area contributed by atoms with E-state index in [1.165, 1.54) is 18.4 Å². The third-order valence-corrected chi connectivity index (χ3v) is 16.2. The topological polar surface area (TPSA) is 119 Å². The van der Waals surface area contributed by atoms with Gasteiger partial charge in [-0.2, -0.15) is 0 Å². The number of rotatable bonds is 10. The summed E-state index contributed by atoms with van der Waals surface area (Å²) in [6, 6.07) is 0.